The predicted octanol–water partition coefficient (Wildman–Crippen LogP) is 1.92. The predicted molar refractivity (Wildman–Crippen MR) is 75.3 cm³/mol. The maximum Gasteiger partial charge on any atom is 0.0326 e. The molecule has 0 aromatic rings. The Kier molecular flexibility index (Phi) is 5.90. The quantitative estimate of drug-likeness (QED) is 0.739. The molecule has 1 saturated heterocycles. The van der Waals surface area contributed by atoms with Crippen molar-refractivity contribution in [1.29, 1.82) is 0 Å². The van der Waals surface area contributed by atoms with Crippen LogP contribution in [0.4, 0.5) is 0 Å². The molecule has 1 aliphatic rings. The lowest BCUT2D eigenvalue weighted by Crippen LogP contribution is -2.54. The zero-order chi connectivity index (χ0) is 12.9. The molecule has 0 aromatic carbocycles. The second-order valence-corrected chi connectivity index (χ2v) is 5.69. The van der Waals surface area contributed by atoms with Crippen LogP contribution >= 0.6 is 0 Å². The van der Waals surface area contributed by atoms with Crippen molar-refractivity contribution < 1.29 is 0 Å². The topological polar surface area (TPSA) is 32.5 Å². The molecule has 2 N–H and O–H groups in total. The van der Waals surface area contributed by atoms with Gasteiger partial charge in [0.15, 0.2) is 0 Å². The first-order valence-electron chi connectivity index (χ1n) is 7.21. The van der Waals surface area contributed by atoms with Gasteiger partial charge in [0.25, 0.3) is 0 Å². The van der Waals surface area contributed by atoms with Crippen LogP contribution in [0.5, 0.6) is 0 Å². The summed E-state index contributed by atoms with van der Waals surface area (Å²) in [5.41, 5.74) is 6.28. The van der Waals surface area contributed by atoms with Crippen molar-refractivity contribution in [3.63, 3.8) is 0 Å². The zero-order valence-electron chi connectivity index (χ0n) is 12.2. The minimum atomic E-state index is 0.220. The van der Waals surface area contributed by atoms with Gasteiger partial charge in [0.05, 0.1) is 0 Å². The van der Waals surface area contributed by atoms with Crippen molar-refractivity contribution in [3.05, 3.63) is 0 Å². The average molecular weight is 241 g/mol. The molecule has 0 bridgehead atoms. The fourth-order valence-electron chi connectivity index (χ4n) is 3.22. The van der Waals surface area contributed by atoms with Gasteiger partial charge in [-0.2, -0.15) is 0 Å². The van der Waals surface area contributed by atoms with Crippen molar-refractivity contribution in [2.75, 3.05) is 33.7 Å². The summed E-state index contributed by atoms with van der Waals surface area (Å²) in [7, 11) is 4.51. The summed E-state index contributed by atoms with van der Waals surface area (Å²) in [5.74, 6) is 0. The third kappa shape index (κ3) is 3.43. The molecular weight excluding hydrogens is 210 g/mol. The lowest BCUT2D eigenvalue weighted by atomic mass is 9.88. The average Bonchev–Trinajstić information content (AvgIpc) is 2.72. The summed E-state index contributed by atoms with van der Waals surface area (Å²) >= 11 is 0. The second-order valence-electron chi connectivity index (χ2n) is 5.69. The first-order valence-corrected chi connectivity index (χ1v) is 7.21. The molecule has 102 valence electrons. The number of nitrogens with zero attached hydrogens (tertiary/aromatic N) is 2. The SMILES string of the molecule is CCCC(CC)(CN)N(C)CC1CCCN1C. The third-order valence-electron chi connectivity index (χ3n) is 4.72. The van der Waals surface area contributed by atoms with Gasteiger partial charge < -0.3 is 10.6 Å². The van der Waals surface area contributed by atoms with E-state index in [1.165, 1.54) is 38.8 Å². The molecule has 2 atom stereocenters. The van der Waals surface area contributed by atoms with E-state index in [0.717, 1.165) is 19.0 Å². The van der Waals surface area contributed by atoms with E-state index in [1.54, 1.807) is 0 Å². The fraction of sp³-hybridized carbons (Fsp3) is 1.00. The number of hydrogen-bond acceptors (Lipinski definition) is 3. The van der Waals surface area contributed by atoms with Gasteiger partial charge in [0.2, 0.25) is 0 Å². The van der Waals surface area contributed by atoms with E-state index in [1.807, 2.05) is 0 Å². The maximum atomic E-state index is 6.06. The van der Waals surface area contributed by atoms with Gasteiger partial charge in [-0.3, -0.25) is 4.90 Å². The molecule has 2 unspecified atom stereocenters. The van der Waals surface area contributed by atoms with Gasteiger partial charge in [0, 0.05) is 24.7 Å². The van der Waals surface area contributed by atoms with Crippen LogP contribution < -0.4 is 5.73 Å². The molecule has 0 radical (unpaired) electrons. The van der Waals surface area contributed by atoms with E-state index < -0.39 is 0 Å². The first kappa shape index (κ1) is 14.9. The highest BCUT2D eigenvalue weighted by atomic mass is 15.2. The Hall–Kier alpha value is -0.120. The van der Waals surface area contributed by atoms with Gasteiger partial charge >= 0.3 is 0 Å². The van der Waals surface area contributed by atoms with Crippen molar-refractivity contribution >= 4 is 0 Å². The van der Waals surface area contributed by atoms with E-state index in [9.17, 15) is 0 Å². The summed E-state index contributed by atoms with van der Waals surface area (Å²) in [4.78, 5) is 5.03. The van der Waals surface area contributed by atoms with Crippen molar-refractivity contribution in [2.45, 2.75) is 57.5 Å². The minimum Gasteiger partial charge on any atom is -0.329 e. The summed E-state index contributed by atoms with van der Waals surface area (Å²) in [5, 5.41) is 0. The van der Waals surface area contributed by atoms with Crippen LogP contribution in [-0.4, -0.2) is 55.1 Å². The summed E-state index contributed by atoms with van der Waals surface area (Å²) < 4.78 is 0. The molecule has 3 nitrogen and oxygen atoms in total. The Balaban J connectivity index is 2.60. The Bertz CT molecular complexity index is 214. The minimum absolute atomic E-state index is 0.220. The van der Waals surface area contributed by atoms with Crippen LogP contribution in [0.25, 0.3) is 0 Å². The number of rotatable bonds is 7. The van der Waals surface area contributed by atoms with Crippen LogP contribution in [0, 0.1) is 0 Å². The zero-order valence-corrected chi connectivity index (χ0v) is 12.2. The highest BCUT2D eigenvalue weighted by molar-refractivity contribution is 4.91. The number of nitrogens with two attached hydrogens (primary N) is 1. The maximum absolute atomic E-state index is 6.06. The second kappa shape index (κ2) is 6.72. The van der Waals surface area contributed by atoms with Crippen LogP contribution in [0.15, 0.2) is 0 Å². The largest absolute Gasteiger partial charge is 0.329 e. The van der Waals surface area contributed by atoms with Crippen LogP contribution in [0.1, 0.15) is 46.0 Å². The molecule has 0 spiro atoms. The third-order valence-corrected chi connectivity index (χ3v) is 4.72. The molecule has 0 aliphatic carbocycles. The number of likely N-dealkylation sites (tertiary alicyclic amines) is 1. The van der Waals surface area contributed by atoms with Gasteiger partial charge in [-0.15, -0.1) is 0 Å². The lowest BCUT2D eigenvalue weighted by Gasteiger charge is -2.42. The lowest BCUT2D eigenvalue weighted by molar-refractivity contribution is 0.0829. The normalized spacial score (nSPS) is 25.4. The Morgan fingerprint density at radius 1 is 1.41 bits per heavy atom. The van der Waals surface area contributed by atoms with Gasteiger partial charge in [0.1, 0.15) is 0 Å². The molecule has 1 fully saturated rings. The molecule has 1 rings (SSSR count). The van der Waals surface area contributed by atoms with E-state index in [4.69, 9.17) is 5.73 Å². The highest BCUT2D eigenvalue weighted by Gasteiger charge is 2.33. The Labute approximate surface area is 107 Å². The van der Waals surface area contributed by atoms with E-state index in [-0.39, 0.29) is 5.54 Å². The molecule has 1 heterocycles. The monoisotopic (exact) mass is 241 g/mol. The smallest absolute Gasteiger partial charge is 0.0326 e. The van der Waals surface area contributed by atoms with Crippen LogP contribution in [0.3, 0.4) is 0 Å². The van der Waals surface area contributed by atoms with E-state index in [0.29, 0.717) is 0 Å². The molecule has 0 aromatic heterocycles. The van der Waals surface area contributed by atoms with Crippen LogP contribution in [0.2, 0.25) is 0 Å². The Morgan fingerprint density at radius 3 is 2.53 bits per heavy atom. The molecular formula is C14H31N3. The summed E-state index contributed by atoms with van der Waals surface area (Å²) in [6, 6.07) is 0.731. The van der Waals surface area contributed by atoms with E-state index in [2.05, 4.69) is 37.7 Å². The molecule has 0 amide bonds. The number of likely N-dealkylation sites (N-methyl/N-ethyl adjacent to an activating group) is 2. The molecule has 17 heavy (non-hydrogen) atoms. The number of hydrogen-bond donors (Lipinski definition) is 1. The van der Waals surface area contributed by atoms with Gasteiger partial charge in [-0.25, -0.2) is 0 Å². The molecule has 0 saturated carbocycles. The molecule has 1 aliphatic heterocycles. The van der Waals surface area contributed by atoms with E-state index >= 15 is 0 Å². The standard InChI is InChI=1S/C14H31N3/c1-5-9-14(6-2,12-15)17(4)11-13-8-7-10-16(13)3/h13H,5-12,15H2,1-4H3. The van der Waals surface area contributed by atoms with Gasteiger partial charge in [-0.1, -0.05) is 20.3 Å². The highest BCUT2D eigenvalue weighted by Crippen LogP contribution is 2.26. The van der Waals surface area contributed by atoms with Gasteiger partial charge in [-0.05, 0) is 46.3 Å². The fourth-order valence-corrected chi connectivity index (χ4v) is 3.22. The van der Waals surface area contributed by atoms with Crippen molar-refractivity contribution in [2.24, 2.45) is 5.73 Å². The van der Waals surface area contributed by atoms with Crippen LogP contribution in [-0.2, 0) is 0 Å². The molecule has 3 heteroatoms. The summed E-state index contributed by atoms with van der Waals surface area (Å²) in [6.45, 7) is 7.74. The first-order chi connectivity index (χ1) is 8.09. The van der Waals surface area contributed by atoms with Crippen molar-refractivity contribution in [3.8, 4) is 0 Å². The Morgan fingerprint density at radius 2 is 2.12 bits per heavy atom. The van der Waals surface area contributed by atoms with Crippen molar-refractivity contribution in [1.82, 2.24) is 9.80 Å². The summed E-state index contributed by atoms with van der Waals surface area (Å²) in [6.07, 6.45) is 6.29.